The van der Waals surface area contributed by atoms with E-state index in [-0.39, 0.29) is 0 Å². The lowest BCUT2D eigenvalue weighted by atomic mass is 10.1. The molecule has 0 aliphatic carbocycles. The molecule has 0 bridgehead atoms. The van der Waals surface area contributed by atoms with Crippen molar-refractivity contribution in [2.45, 2.75) is 19.9 Å². The van der Waals surface area contributed by atoms with Crippen LogP contribution in [0.3, 0.4) is 0 Å². The summed E-state index contributed by atoms with van der Waals surface area (Å²) in [7, 11) is 0. The van der Waals surface area contributed by atoms with Crippen LogP contribution in [0.1, 0.15) is 25.5 Å². The molecule has 0 heterocycles. The SMILES string of the molecule is [C-]#[N+]c1ccc(C(C)NCC)cc1. The fraction of sp³-hybridized carbons (Fsp3) is 0.364. The molecule has 1 atom stereocenters. The van der Waals surface area contributed by atoms with Gasteiger partial charge in [-0.2, -0.15) is 0 Å². The first kappa shape index (κ1) is 9.76. The van der Waals surface area contributed by atoms with E-state index in [2.05, 4.69) is 24.0 Å². The van der Waals surface area contributed by atoms with E-state index >= 15 is 0 Å². The largest absolute Gasteiger partial charge is 0.310 e. The summed E-state index contributed by atoms with van der Waals surface area (Å²) in [4.78, 5) is 3.35. The maximum atomic E-state index is 6.81. The lowest BCUT2D eigenvalue weighted by Gasteiger charge is -2.12. The zero-order chi connectivity index (χ0) is 9.68. The van der Waals surface area contributed by atoms with E-state index in [4.69, 9.17) is 6.57 Å². The third kappa shape index (κ3) is 2.57. The number of rotatable bonds is 3. The van der Waals surface area contributed by atoms with Crippen molar-refractivity contribution in [2.75, 3.05) is 6.54 Å². The molecule has 0 saturated heterocycles. The van der Waals surface area contributed by atoms with Crippen molar-refractivity contribution in [3.63, 3.8) is 0 Å². The van der Waals surface area contributed by atoms with Gasteiger partial charge in [-0.1, -0.05) is 31.2 Å². The second-order valence-electron chi connectivity index (χ2n) is 2.98. The summed E-state index contributed by atoms with van der Waals surface area (Å²) < 4.78 is 0. The Kier molecular flexibility index (Phi) is 3.48. The molecule has 0 aromatic heterocycles. The number of hydrogen-bond acceptors (Lipinski definition) is 1. The highest BCUT2D eigenvalue weighted by atomic mass is 14.9. The molecule has 68 valence electrons. The lowest BCUT2D eigenvalue weighted by molar-refractivity contribution is 0.598. The average Bonchev–Trinajstić information content (AvgIpc) is 2.18. The molecule has 0 spiro atoms. The minimum Gasteiger partial charge on any atom is -0.310 e. The van der Waals surface area contributed by atoms with Gasteiger partial charge in [0.1, 0.15) is 0 Å². The zero-order valence-corrected chi connectivity index (χ0v) is 8.04. The van der Waals surface area contributed by atoms with Crippen LogP contribution in [0.5, 0.6) is 0 Å². The third-order valence-electron chi connectivity index (χ3n) is 2.03. The molecule has 1 N–H and O–H groups in total. The van der Waals surface area contributed by atoms with Crippen molar-refractivity contribution in [2.24, 2.45) is 0 Å². The van der Waals surface area contributed by atoms with Gasteiger partial charge in [0.15, 0.2) is 5.69 Å². The third-order valence-corrected chi connectivity index (χ3v) is 2.03. The topological polar surface area (TPSA) is 16.4 Å². The fourth-order valence-electron chi connectivity index (χ4n) is 1.26. The molecule has 0 fully saturated rings. The molecular weight excluding hydrogens is 160 g/mol. The maximum Gasteiger partial charge on any atom is 0.187 e. The van der Waals surface area contributed by atoms with Gasteiger partial charge in [-0.05, 0) is 19.0 Å². The molecule has 0 radical (unpaired) electrons. The van der Waals surface area contributed by atoms with Gasteiger partial charge in [0.2, 0.25) is 0 Å². The number of hydrogen-bond donors (Lipinski definition) is 1. The lowest BCUT2D eigenvalue weighted by Crippen LogP contribution is -2.17. The van der Waals surface area contributed by atoms with E-state index < -0.39 is 0 Å². The summed E-state index contributed by atoms with van der Waals surface area (Å²) >= 11 is 0. The van der Waals surface area contributed by atoms with Crippen LogP contribution in [0.2, 0.25) is 0 Å². The quantitative estimate of drug-likeness (QED) is 0.697. The highest BCUT2D eigenvalue weighted by Gasteiger charge is 2.01. The van der Waals surface area contributed by atoms with Crippen molar-refractivity contribution in [3.05, 3.63) is 41.2 Å². The molecule has 0 aliphatic rings. The Bertz CT molecular complexity index is 295. The van der Waals surface area contributed by atoms with Gasteiger partial charge in [0.05, 0.1) is 6.57 Å². The second-order valence-corrected chi connectivity index (χ2v) is 2.98. The first-order valence-corrected chi connectivity index (χ1v) is 4.48. The molecular formula is C11H14N2. The molecule has 0 saturated carbocycles. The van der Waals surface area contributed by atoms with E-state index in [9.17, 15) is 0 Å². The predicted molar refractivity (Wildman–Crippen MR) is 54.8 cm³/mol. The predicted octanol–water partition coefficient (Wildman–Crippen LogP) is 2.91. The van der Waals surface area contributed by atoms with Crippen LogP contribution >= 0.6 is 0 Å². The summed E-state index contributed by atoms with van der Waals surface area (Å²) in [5, 5.41) is 3.32. The van der Waals surface area contributed by atoms with Gasteiger partial charge in [0, 0.05) is 6.04 Å². The molecule has 1 rings (SSSR count). The summed E-state index contributed by atoms with van der Waals surface area (Å²) in [6, 6.07) is 8.08. The Morgan fingerprint density at radius 3 is 2.46 bits per heavy atom. The van der Waals surface area contributed by atoms with Gasteiger partial charge >= 0.3 is 0 Å². The number of nitrogens with zero attached hydrogens (tertiary/aromatic N) is 1. The monoisotopic (exact) mass is 174 g/mol. The number of benzene rings is 1. The van der Waals surface area contributed by atoms with E-state index in [0.717, 1.165) is 6.54 Å². The zero-order valence-electron chi connectivity index (χ0n) is 8.04. The standard InChI is InChI=1S/C11H14N2/c1-4-13-9(2)10-5-7-11(12-3)8-6-10/h5-9,13H,4H2,1-2H3. The average molecular weight is 174 g/mol. The smallest absolute Gasteiger partial charge is 0.187 e. The van der Waals surface area contributed by atoms with Crippen LogP contribution in [-0.2, 0) is 0 Å². The van der Waals surface area contributed by atoms with Crippen molar-refractivity contribution in [1.82, 2.24) is 5.32 Å². The highest BCUT2D eigenvalue weighted by Crippen LogP contribution is 2.17. The Morgan fingerprint density at radius 1 is 1.38 bits per heavy atom. The Hall–Kier alpha value is -1.33. The molecule has 0 aliphatic heterocycles. The second kappa shape index (κ2) is 4.64. The summed E-state index contributed by atoms with van der Waals surface area (Å²) in [6.07, 6.45) is 0. The highest BCUT2D eigenvalue weighted by molar-refractivity contribution is 5.45. The van der Waals surface area contributed by atoms with Crippen molar-refractivity contribution in [3.8, 4) is 0 Å². The molecule has 0 amide bonds. The van der Waals surface area contributed by atoms with Gasteiger partial charge in [0.25, 0.3) is 0 Å². The normalized spacial score (nSPS) is 12.1. The first-order chi connectivity index (χ1) is 6.27. The molecule has 13 heavy (non-hydrogen) atoms. The van der Waals surface area contributed by atoms with Crippen LogP contribution in [0.4, 0.5) is 5.69 Å². The van der Waals surface area contributed by atoms with Crippen LogP contribution in [0.25, 0.3) is 4.85 Å². The van der Waals surface area contributed by atoms with Gasteiger partial charge in [-0.15, -0.1) is 0 Å². The van der Waals surface area contributed by atoms with Crippen molar-refractivity contribution in [1.29, 1.82) is 0 Å². The van der Waals surface area contributed by atoms with Crippen molar-refractivity contribution < 1.29 is 0 Å². The molecule has 1 aromatic rings. The van der Waals surface area contributed by atoms with Crippen LogP contribution in [0.15, 0.2) is 24.3 Å². The van der Waals surface area contributed by atoms with Gasteiger partial charge in [-0.3, -0.25) is 0 Å². The van der Waals surface area contributed by atoms with E-state index in [0.29, 0.717) is 11.7 Å². The van der Waals surface area contributed by atoms with Crippen LogP contribution in [-0.4, -0.2) is 6.54 Å². The minimum atomic E-state index is 0.366. The van der Waals surface area contributed by atoms with Crippen LogP contribution in [0, 0.1) is 6.57 Å². The molecule has 1 unspecified atom stereocenters. The summed E-state index contributed by atoms with van der Waals surface area (Å²) in [5.41, 5.74) is 1.93. The summed E-state index contributed by atoms with van der Waals surface area (Å²) in [6.45, 7) is 12.0. The Morgan fingerprint density at radius 2 is 2.00 bits per heavy atom. The first-order valence-electron chi connectivity index (χ1n) is 4.48. The maximum absolute atomic E-state index is 6.81. The molecule has 2 nitrogen and oxygen atoms in total. The molecule has 2 heteroatoms. The number of nitrogens with one attached hydrogen (secondary N) is 1. The van der Waals surface area contributed by atoms with Gasteiger partial charge in [-0.25, -0.2) is 4.85 Å². The van der Waals surface area contributed by atoms with Crippen LogP contribution < -0.4 is 5.32 Å². The molecule has 1 aromatic carbocycles. The van der Waals surface area contributed by atoms with Crippen molar-refractivity contribution >= 4 is 5.69 Å². The van der Waals surface area contributed by atoms with E-state index in [1.54, 1.807) is 0 Å². The van der Waals surface area contributed by atoms with E-state index in [1.165, 1.54) is 5.56 Å². The fourth-order valence-corrected chi connectivity index (χ4v) is 1.26. The Balaban J connectivity index is 2.75. The minimum absolute atomic E-state index is 0.366. The Labute approximate surface area is 79.4 Å². The van der Waals surface area contributed by atoms with E-state index in [1.807, 2.05) is 24.3 Å². The van der Waals surface area contributed by atoms with Gasteiger partial charge < -0.3 is 5.32 Å². The summed E-state index contributed by atoms with van der Waals surface area (Å²) in [5.74, 6) is 0.